The second kappa shape index (κ2) is 5.31. The SMILES string of the molecule is N[C@H](/C=C/C(=O)OC(=O)C(F)(F)F)CC1CC1. The van der Waals surface area contributed by atoms with Gasteiger partial charge in [-0.25, -0.2) is 9.59 Å². The van der Waals surface area contributed by atoms with Crippen molar-refractivity contribution < 1.29 is 27.5 Å². The molecule has 1 fully saturated rings. The van der Waals surface area contributed by atoms with Gasteiger partial charge in [0.05, 0.1) is 0 Å². The quantitative estimate of drug-likeness (QED) is 0.464. The molecule has 0 aromatic rings. The average molecular weight is 251 g/mol. The summed E-state index contributed by atoms with van der Waals surface area (Å²) in [5.74, 6) is -3.36. The highest BCUT2D eigenvalue weighted by Gasteiger charge is 2.42. The van der Waals surface area contributed by atoms with E-state index < -0.39 is 24.2 Å². The second-order valence-electron chi connectivity index (χ2n) is 3.91. The first-order valence-electron chi connectivity index (χ1n) is 5.06. The molecule has 17 heavy (non-hydrogen) atoms. The van der Waals surface area contributed by atoms with Gasteiger partial charge in [-0.3, -0.25) is 0 Å². The van der Waals surface area contributed by atoms with Crippen molar-refractivity contribution in [2.24, 2.45) is 11.7 Å². The third-order valence-electron chi connectivity index (χ3n) is 2.21. The summed E-state index contributed by atoms with van der Waals surface area (Å²) in [4.78, 5) is 21.1. The Morgan fingerprint density at radius 2 is 2.00 bits per heavy atom. The Morgan fingerprint density at radius 1 is 1.41 bits per heavy atom. The van der Waals surface area contributed by atoms with Crippen molar-refractivity contribution in [3.8, 4) is 0 Å². The van der Waals surface area contributed by atoms with Crippen LogP contribution in [0.5, 0.6) is 0 Å². The van der Waals surface area contributed by atoms with Crippen LogP contribution in [0.2, 0.25) is 0 Å². The van der Waals surface area contributed by atoms with E-state index in [1.54, 1.807) is 0 Å². The van der Waals surface area contributed by atoms with Gasteiger partial charge in [0.15, 0.2) is 0 Å². The van der Waals surface area contributed by atoms with E-state index in [2.05, 4.69) is 4.74 Å². The van der Waals surface area contributed by atoms with Crippen molar-refractivity contribution in [2.45, 2.75) is 31.5 Å². The van der Waals surface area contributed by atoms with Crippen LogP contribution in [0.3, 0.4) is 0 Å². The fourth-order valence-corrected chi connectivity index (χ4v) is 1.20. The third kappa shape index (κ3) is 5.48. The number of ether oxygens (including phenoxy) is 1. The van der Waals surface area contributed by atoms with Crippen molar-refractivity contribution >= 4 is 11.9 Å². The highest BCUT2D eigenvalue weighted by Crippen LogP contribution is 2.33. The van der Waals surface area contributed by atoms with Crippen LogP contribution in [-0.2, 0) is 14.3 Å². The molecule has 1 atom stereocenters. The number of carbonyl (C=O) groups is 2. The van der Waals surface area contributed by atoms with Crippen molar-refractivity contribution in [3.05, 3.63) is 12.2 Å². The number of hydrogen-bond acceptors (Lipinski definition) is 4. The van der Waals surface area contributed by atoms with E-state index in [-0.39, 0.29) is 0 Å². The lowest BCUT2D eigenvalue weighted by Crippen LogP contribution is -2.27. The number of alkyl halides is 3. The van der Waals surface area contributed by atoms with Crippen LogP contribution < -0.4 is 5.73 Å². The maximum absolute atomic E-state index is 11.7. The summed E-state index contributed by atoms with van der Waals surface area (Å²) in [6.45, 7) is 0. The van der Waals surface area contributed by atoms with E-state index in [0.29, 0.717) is 12.3 Å². The third-order valence-corrected chi connectivity index (χ3v) is 2.21. The standard InChI is InChI=1S/C10H12F3NO3/c11-10(12,13)9(16)17-8(15)4-3-7(14)5-6-1-2-6/h3-4,6-7H,1-2,5,14H2/b4-3+/t7-/m1/s1. The van der Waals surface area contributed by atoms with Gasteiger partial charge in [0.1, 0.15) is 0 Å². The number of rotatable bonds is 4. The molecule has 96 valence electrons. The van der Waals surface area contributed by atoms with Crippen LogP contribution >= 0.6 is 0 Å². The fourth-order valence-electron chi connectivity index (χ4n) is 1.20. The number of esters is 2. The predicted molar refractivity (Wildman–Crippen MR) is 51.6 cm³/mol. The van der Waals surface area contributed by atoms with Gasteiger partial charge in [0.25, 0.3) is 0 Å². The minimum absolute atomic E-state index is 0.406. The summed E-state index contributed by atoms with van der Waals surface area (Å²) in [6, 6.07) is -0.406. The molecule has 0 bridgehead atoms. The van der Waals surface area contributed by atoms with Crippen molar-refractivity contribution in [2.75, 3.05) is 0 Å². The van der Waals surface area contributed by atoms with Crippen LogP contribution in [0.4, 0.5) is 13.2 Å². The van der Waals surface area contributed by atoms with Gasteiger partial charge in [-0.1, -0.05) is 18.9 Å². The molecule has 2 N–H and O–H groups in total. The van der Waals surface area contributed by atoms with Crippen LogP contribution in [0, 0.1) is 5.92 Å². The van der Waals surface area contributed by atoms with Gasteiger partial charge in [-0.2, -0.15) is 13.2 Å². The predicted octanol–water partition coefficient (Wildman–Crippen LogP) is 1.30. The van der Waals surface area contributed by atoms with Crippen LogP contribution in [-0.4, -0.2) is 24.2 Å². The number of hydrogen-bond donors (Lipinski definition) is 1. The lowest BCUT2D eigenvalue weighted by atomic mass is 10.1. The Bertz CT molecular complexity index is 334. The molecule has 0 unspecified atom stereocenters. The zero-order chi connectivity index (χ0) is 13.1. The number of halogens is 3. The summed E-state index contributed by atoms with van der Waals surface area (Å²) >= 11 is 0. The van der Waals surface area contributed by atoms with Crippen molar-refractivity contribution in [1.82, 2.24) is 0 Å². The lowest BCUT2D eigenvalue weighted by molar-refractivity contribution is -0.200. The Labute approximate surface area is 95.6 Å². The Morgan fingerprint density at radius 3 is 2.47 bits per heavy atom. The summed E-state index contributed by atoms with van der Waals surface area (Å²) in [7, 11) is 0. The van der Waals surface area contributed by atoms with E-state index in [1.165, 1.54) is 6.08 Å². The molecule has 7 heteroatoms. The molecule has 1 aliphatic carbocycles. The molecule has 0 amide bonds. The van der Waals surface area contributed by atoms with Gasteiger partial charge in [-0.15, -0.1) is 0 Å². The zero-order valence-corrected chi connectivity index (χ0v) is 8.87. The van der Waals surface area contributed by atoms with E-state index in [9.17, 15) is 22.8 Å². The highest BCUT2D eigenvalue weighted by atomic mass is 19.4. The van der Waals surface area contributed by atoms with Gasteiger partial charge in [0.2, 0.25) is 0 Å². The van der Waals surface area contributed by atoms with E-state index >= 15 is 0 Å². The monoisotopic (exact) mass is 251 g/mol. The van der Waals surface area contributed by atoms with E-state index in [1.807, 2.05) is 0 Å². The Hall–Kier alpha value is -1.37. The molecule has 0 heterocycles. The molecule has 0 aromatic carbocycles. The van der Waals surface area contributed by atoms with E-state index in [4.69, 9.17) is 5.73 Å². The minimum atomic E-state index is -5.17. The highest BCUT2D eigenvalue weighted by molar-refractivity contribution is 5.93. The molecule has 0 spiro atoms. The number of nitrogens with two attached hydrogens (primary N) is 1. The molecule has 1 saturated carbocycles. The zero-order valence-electron chi connectivity index (χ0n) is 8.87. The topological polar surface area (TPSA) is 69.4 Å². The summed E-state index contributed by atoms with van der Waals surface area (Å²) in [6.07, 6.45) is -0.339. The average Bonchev–Trinajstić information content (AvgIpc) is 2.97. The maximum Gasteiger partial charge on any atom is 0.491 e. The molecule has 0 saturated heterocycles. The van der Waals surface area contributed by atoms with Crippen molar-refractivity contribution in [1.29, 1.82) is 0 Å². The van der Waals surface area contributed by atoms with Gasteiger partial charge in [-0.05, 0) is 12.3 Å². The lowest BCUT2D eigenvalue weighted by Gasteiger charge is -2.05. The minimum Gasteiger partial charge on any atom is -0.383 e. The summed E-state index contributed by atoms with van der Waals surface area (Å²) < 4.78 is 38.7. The van der Waals surface area contributed by atoms with Crippen LogP contribution in [0.1, 0.15) is 19.3 Å². The molecule has 0 aliphatic heterocycles. The first-order valence-corrected chi connectivity index (χ1v) is 5.06. The summed E-state index contributed by atoms with van der Waals surface area (Å²) in [5, 5.41) is 0. The van der Waals surface area contributed by atoms with Gasteiger partial charge in [0, 0.05) is 12.1 Å². The molecular weight excluding hydrogens is 239 g/mol. The first-order chi connectivity index (χ1) is 7.79. The second-order valence-corrected chi connectivity index (χ2v) is 3.91. The molecule has 0 radical (unpaired) electrons. The molecule has 0 aromatic heterocycles. The molecule has 1 rings (SSSR count). The molecular formula is C10H12F3NO3. The maximum atomic E-state index is 11.7. The Kier molecular flexibility index (Phi) is 4.28. The van der Waals surface area contributed by atoms with E-state index in [0.717, 1.165) is 18.9 Å². The smallest absolute Gasteiger partial charge is 0.383 e. The normalized spacial score (nSPS) is 18.1. The largest absolute Gasteiger partial charge is 0.491 e. The van der Waals surface area contributed by atoms with Gasteiger partial charge < -0.3 is 10.5 Å². The fraction of sp³-hybridized carbons (Fsp3) is 0.600. The van der Waals surface area contributed by atoms with Crippen molar-refractivity contribution in [3.63, 3.8) is 0 Å². The van der Waals surface area contributed by atoms with Gasteiger partial charge >= 0.3 is 18.1 Å². The van der Waals surface area contributed by atoms with Crippen LogP contribution in [0.15, 0.2) is 12.2 Å². The van der Waals surface area contributed by atoms with Crippen LogP contribution in [0.25, 0.3) is 0 Å². The molecule has 1 aliphatic rings. The Balaban J connectivity index is 2.32. The number of carbonyl (C=O) groups excluding carboxylic acids is 2. The summed E-state index contributed by atoms with van der Waals surface area (Å²) in [5.41, 5.74) is 5.58. The molecule has 4 nitrogen and oxygen atoms in total. The first kappa shape index (κ1) is 13.7.